The summed E-state index contributed by atoms with van der Waals surface area (Å²) in [4.78, 5) is 30.1. The number of rotatable bonds is 8. The lowest BCUT2D eigenvalue weighted by Crippen LogP contribution is -2.21. The zero-order valence-electron chi connectivity index (χ0n) is 19.2. The molecule has 0 aliphatic carbocycles. The lowest BCUT2D eigenvalue weighted by atomic mass is 10.1. The Morgan fingerprint density at radius 2 is 1.97 bits per heavy atom. The number of carbonyl (C=O) groups is 2. The van der Waals surface area contributed by atoms with E-state index < -0.39 is 18.5 Å². The molecule has 0 spiro atoms. The SMILES string of the molecule is COc1ccc(OC)c(NC(=O)COC(=O)c2cc(-c3ccco3)nc3c2cnn3C(C)C)c1. The molecule has 3 heterocycles. The molecule has 176 valence electrons. The van der Waals surface area contributed by atoms with E-state index in [-0.39, 0.29) is 11.6 Å². The van der Waals surface area contributed by atoms with Crippen molar-refractivity contribution < 1.29 is 28.2 Å². The molecule has 10 nitrogen and oxygen atoms in total. The highest BCUT2D eigenvalue weighted by atomic mass is 16.5. The maximum absolute atomic E-state index is 13.0. The monoisotopic (exact) mass is 464 g/mol. The molecule has 0 bridgehead atoms. The first kappa shape index (κ1) is 22.8. The summed E-state index contributed by atoms with van der Waals surface area (Å²) in [6.07, 6.45) is 3.09. The van der Waals surface area contributed by atoms with Gasteiger partial charge in [0.05, 0.1) is 43.3 Å². The van der Waals surface area contributed by atoms with Crippen molar-refractivity contribution in [3.63, 3.8) is 0 Å². The van der Waals surface area contributed by atoms with Gasteiger partial charge in [-0.1, -0.05) is 0 Å². The highest BCUT2D eigenvalue weighted by Gasteiger charge is 2.21. The van der Waals surface area contributed by atoms with Crippen molar-refractivity contribution in [1.82, 2.24) is 14.8 Å². The largest absolute Gasteiger partial charge is 0.497 e. The number of fused-ring (bicyclic) bond motifs is 1. The van der Waals surface area contributed by atoms with Crippen molar-refractivity contribution in [2.45, 2.75) is 19.9 Å². The zero-order valence-corrected chi connectivity index (χ0v) is 19.2. The van der Waals surface area contributed by atoms with Gasteiger partial charge < -0.3 is 23.9 Å². The van der Waals surface area contributed by atoms with Crippen molar-refractivity contribution in [2.75, 3.05) is 26.1 Å². The quantitative estimate of drug-likeness (QED) is 0.388. The molecule has 34 heavy (non-hydrogen) atoms. The lowest BCUT2D eigenvalue weighted by Gasteiger charge is -2.12. The highest BCUT2D eigenvalue weighted by molar-refractivity contribution is 6.04. The Morgan fingerprint density at radius 3 is 2.65 bits per heavy atom. The summed E-state index contributed by atoms with van der Waals surface area (Å²) in [6.45, 7) is 3.42. The van der Waals surface area contributed by atoms with Gasteiger partial charge in [-0.15, -0.1) is 0 Å². The molecule has 10 heteroatoms. The minimum atomic E-state index is -0.684. The van der Waals surface area contributed by atoms with Crippen molar-refractivity contribution >= 4 is 28.6 Å². The number of ether oxygens (including phenoxy) is 3. The summed E-state index contributed by atoms with van der Waals surface area (Å²) in [5.41, 5.74) is 1.60. The molecule has 0 aliphatic rings. The van der Waals surface area contributed by atoms with Crippen LogP contribution in [0.15, 0.2) is 53.3 Å². The number of furan rings is 1. The molecule has 3 aromatic heterocycles. The number of carbonyl (C=O) groups excluding carboxylic acids is 2. The molecule has 1 aromatic carbocycles. The Kier molecular flexibility index (Phi) is 6.48. The fraction of sp³-hybridized carbons (Fsp3) is 0.250. The van der Waals surface area contributed by atoms with Crippen molar-refractivity contribution in [3.8, 4) is 23.0 Å². The number of hydrogen-bond donors (Lipinski definition) is 1. The lowest BCUT2D eigenvalue weighted by molar-refractivity contribution is -0.119. The van der Waals surface area contributed by atoms with E-state index in [1.807, 2.05) is 13.8 Å². The summed E-state index contributed by atoms with van der Waals surface area (Å²) in [6, 6.07) is 10.0. The van der Waals surface area contributed by atoms with E-state index in [1.54, 1.807) is 47.3 Å². The normalized spacial score (nSPS) is 11.0. The molecule has 4 aromatic rings. The van der Waals surface area contributed by atoms with E-state index in [0.29, 0.717) is 39.7 Å². The first-order chi connectivity index (χ1) is 16.4. The van der Waals surface area contributed by atoms with Gasteiger partial charge in [0.2, 0.25) is 0 Å². The topological polar surface area (TPSA) is 118 Å². The van der Waals surface area contributed by atoms with E-state index in [0.717, 1.165) is 0 Å². The Morgan fingerprint density at radius 1 is 1.15 bits per heavy atom. The predicted molar refractivity (Wildman–Crippen MR) is 124 cm³/mol. The molecular formula is C24H24N4O6. The Labute approximate surface area is 195 Å². The number of benzene rings is 1. The molecule has 0 aliphatic heterocycles. The Balaban J connectivity index is 1.57. The van der Waals surface area contributed by atoms with Crippen LogP contribution in [-0.2, 0) is 9.53 Å². The first-order valence-corrected chi connectivity index (χ1v) is 10.5. The number of aromatic nitrogens is 3. The second-order valence-corrected chi connectivity index (χ2v) is 7.64. The third-order valence-corrected chi connectivity index (χ3v) is 5.06. The number of amides is 1. The molecule has 0 radical (unpaired) electrons. The van der Waals surface area contributed by atoms with Gasteiger partial charge in [0.1, 0.15) is 17.2 Å². The van der Waals surface area contributed by atoms with Crippen LogP contribution < -0.4 is 14.8 Å². The summed E-state index contributed by atoms with van der Waals surface area (Å²) in [5.74, 6) is 0.265. The molecule has 0 unspecified atom stereocenters. The Bertz CT molecular complexity index is 1330. The van der Waals surface area contributed by atoms with Crippen LogP contribution in [-0.4, -0.2) is 47.5 Å². The van der Waals surface area contributed by atoms with Gasteiger partial charge in [0, 0.05) is 12.1 Å². The van der Waals surface area contributed by atoms with Crippen LogP contribution in [0.3, 0.4) is 0 Å². The summed E-state index contributed by atoms with van der Waals surface area (Å²) in [5, 5.41) is 7.54. The van der Waals surface area contributed by atoms with Crippen LogP contribution in [0.25, 0.3) is 22.5 Å². The van der Waals surface area contributed by atoms with E-state index in [4.69, 9.17) is 18.6 Å². The zero-order chi connectivity index (χ0) is 24.2. The smallest absolute Gasteiger partial charge is 0.339 e. The number of pyridine rings is 1. The number of esters is 1. The summed E-state index contributed by atoms with van der Waals surface area (Å²) in [7, 11) is 3.00. The van der Waals surface area contributed by atoms with Crippen LogP contribution in [0.1, 0.15) is 30.2 Å². The number of anilines is 1. The van der Waals surface area contributed by atoms with E-state index in [1.165, 1.54) is 20.5 Å². The molecule has 1 N–H and O–H groups in total. The van der Waals surface area contributed by atoms with Gasteiger partial charge >= 0.3 is 5.97 Å². The van der Waals surface area contributed by atoms with Gasteiger partial charge in [0.25, 0.3) is 5.91 Å². The number of nitrogens with one attached hydrogen (secondary N) is 1. The van der Waals surface area contributed by atoms with Gasteiger partial charge in [-0.2, -0.15) is 5.10 Å². The third-order valence-electron chi connectivity index (χ3n) is 5.06. The van der Waals surface area contributed by atoms with Gasteiger partial charge in [-0.05, 0) is 44.2 Å². The van der Waals surface area contributed by atoms with Crippen molar-refractivity contribution in [1.29, 1.82) is 0 Å². The fourth-order valence-electron chi connectivity index (χ4n) is 3.42. The van der Waals surface area contributed by atoms with Crippen LogP contribution in [0.2, 0.25) is 0 Å². The highest BCUT2D eigenvalue weighted by Crippen LogP contribution is 2.29. The maximum Gasteiger partial charge on any atom is 0.339 e. The number of nitrogens with zero attached hydrogens (tertiary/aromatic N) is 3. The molecular weight excluding hydrogens is 440 g/mol. The molecule has 4 rings (SSSR count). The average Bonchev–Trinajstić information content (AvgIpc) is 3.52. The molecule has 1 amide bonds. The number of hydrogen-bond acceptors (Lipinski definition) is 8. The second kappa shape index (κ2) is 9.65. The van der Waals surface area contributed by atoms with Crippen LogP contribution in [0.4, 0.5) is 5.69 Å². The predicted octanol–water partition coefficient (Wildman–Crippen LogP) is 4.08. The second-order valence-electron chi connectivity index (χ2n) is 7.64. The molecule has 0 saturated heterocycles. The van der Waals surface area contributed by atoms with Crippen molar-refractivity contribution in [3.05, 3.63) is 54.4 Å². The molecule has 0 atom stereocenters. The van der Waals surface area contributed by atoms with Crippen LogP contribution in [0, 0.1) is 0 Å². The van der Waals surface area contributed by atoms with Gasteiger partial charge in [-0.3, -0.25) is 4.79 Å². The van der Waals surface area contributed by atoms with Crippen LogP contribution in [0.5, 0.6) is 11.5 Å². The minimum Gasteiger partial charge on any atom is -0.497 e. The third kappa shape index (κ3) is 4.56. The van der Waals surface area contributed by atoms with Gasteiger partial charge in [0.15, 0.2) is 18.0 Å². The van der Waals surface area contributed by atoms with Gasteiger partial charge in [-0.25, -0.2) is 14.5 Å². The average molecular weight is 464 g/mol. The Hall–Kier alpha value is -4.34. The maximum atomic E-state index is 13.0. The number of methoxy groups -OCH3 is 2. The molecule has 0 fully saturated rings. The summed E-state index contributed by atoms with van der Waals surface area (Å²) >= 11 is 0. The summed E-state index contributed by atoms with van der Waals surface area (Å²) < 4.78 is 22.9. The van der Waals surface area contributed by atoms with E-state index >= 15 is 0 Å². The first-order valence-electron chi connectivity index (χ1n) is 10.5. The fourth-order valence-corrected chi connectivity index (χ4v) is 3.42. The van der Waals surface area contributed by atoms with E-state index in [9.17, 15) is 9.59 Å². The van der Waals surface area contributed by atoms with E-state index in [2.05, 4.69) is 15.4 Å². The van der Waals surface area contributed by atoms with Crippen LogP contribution >= 0.6 is 0 Å². The minimum absolute atomic E-state index is 0.0179. The standard InChI is InChI=1S/C24H24N4O6/c1-14(2)28-23-17(12-25-28)16(11-19(27-23)21-6-5-9-33-21)24(30)34-13-22(29)26-18-10-15(31-3)7-8-20(18)32-4/h5-12,14H,13H2,1-4H3,(H,26,29). The molecule has 0 saturated carbocycles. The van der Waals surface area contributed by atoms with Crippen molar-refractivity contribution in [2.24, 2.45) is 0 Å².